The second-order valence-corrected chi connectivity index (χ2v) is 14.6. The zero-order valence-electron chi connectivity index (χ0n) is 26.2. The summed E-state index contributed by atoms with van der Waals surface area (Å²) in [6.07, 6.45) is 13.2. The number of likely N-dealkylation sites (tertiary alicyclic amines) is 1. The number of benzene rings is 2. The van der Waals surface area contributed by atoms with Gasteiger partial charge in [0.1, 0.15) is 17.1 Å². The number of fused-ring (bicyclic) bond motifs is 4. The highest BCUT2D eigenvalue weighted by Crippen LogP contribution is 2.54. The van der Waals surface area contributed by atoms with Gasteiger partial charge in [-0.1, -0.05) is 30.9 Å². The largest absolute Gasteiger partial charge is 0.444 e. The predicted molar refractivity (Wildman–Crippen MR) is 174 cm³/mol. The fourth-order valence-electron chi connectivity index (χ4n) is 8.32. The van der Waals surface area contributed by atoms with Gasteiger partial charge in [0.2, 0.25) is 0 Å². The van der Waals surface area contributed by atoms with Crippen molar-refractivity contribution < 1.29 is 9.53 Å². The number of carbonyl (C=O) groups excluding carboxylic acids is 1. The maximum atomic E-state index is 13.0. The van der Waals surface area contributed by atoms with Gasteiger partial charge in [-0.3, -0.25) is 9.89 Å². The minimum absolute atomic E-state index is 0.0162. The van der Waals surface area contributed by atoms with Crippen LogP contribution >= 0.6 is 0 Å². The fourth-order valence-corrected chi connectivity index (χ4v) is 8.32. The second-order valence-electron chi connectivity index (χ2n) is 14.6. The van der Waals surface area contributed by atoms with Crippen LogP contribution in [0.4, 0.5) is 10.5 Å². The van der Waals surface area contributed by atoms with Crippen LogP contribution in [0.15, 0.2) is 41.5 Å². The SMILES string of the molecule is CC(C)(C)OC(=O)N1CCC[C@H]1C1=Nc2ccc(-c3ccc(C#Cc4cnc(C5CCCC5)[nH]4)c4c3CC3CCC43)cc2C1. The molecule has 0 radical (unpaired) electrons. The Kier molecular flexibility index (Phi) is 6.70. The maximum absolute atomic E-state index is 13.0. The van der Waals surface area contributed by atoms with Gasteiger partial charge in [0, 0.05) is 30.2 Å². The van der Waals surface area contributed by atoms with Gasteiger partial charge >= 0.3 is 6.09 Å². The molecule has 1 N–H and O–H groups in total. The molecular formula is C38H42N4O2. The number of nitrogens with one attached hydrogen (secondary N) is 1. The van der Waals surface area contributed by atoms with E-state index < -0.39 is 5.60 Å². The highest BCUT2D eigenvalue weighted by Gasteiger charge is 2.42. The van der Waals surface area contributed by atoms with Crippen molar-refractivity contribution in [2.24, 2.45) is 10.9 Å². The molecule has 1 aromatic heterocycles. The van der Waals surface area contributed by atoms with Crippen molar-refractivity contribution in [3.63, 3.8) is 0 Å². The molecule has 44 heavy (non-hydrogen) atoms. The molecule has 3 aromatic rings. The van der Waals surface area contributed by atoms with Crippen molar-refractivity contribution in [2.75, 3.05) is 6.54 Å². The van der Waals surface area contributed by atoms with Crippen LogP contribution in [-0.2, 0) is 17.6 Å². The summed E-state index contributed by atoms with van der Waals surface area (Å²) in [5, 5.41) is 0. The summed E-state index contributed by atoms with van der Waals surface area (Å²) in [6, 6.07) is 11.3. The number of H-pyrrole nitrogens is 1. The van der Waals surface area contributed by atoms with Crippen LogP contribution < -0.4 is 0 Å². The molecule has 3 heterocycles. The van der Waals surface area contributed by atoms with E-state index in [1.165, 1.54) is 71.9 Å². The van der Waals surface area contributed by atoms with Crippen LogP contribution in [0.2, 0.25) is 0 Å². The van der Waals surface area contributed by atoms with Gasteiger partial charge in [-0.2, -0.15) is 0 Å². The molecule has 3 aliphatic carbocycles. The van der Waals surface area contributed by atoms with Gasteiger partial charge in [0.15, 0.2) is 0 Å². The summed E-state index contributed by atoms with van der Waals surface area (Å²) in [7, 11) is 0. The molecule has 2 aliphatic heterocycles. The number of nitrogens with zero attached hydrogens (tertiary/aromatic N) is 3. The monoisotopic (exact) mass is 586 g/mol. The van der Waals surface area contributed by atoms with Crippen LogP contribution in [0, 0.1) is 17.8 Å². The Morgan fingerprint density at radius 2 is 1.89 bits per heavy atom. The smallest absolute Gasteiger partial charge is 0.410 e. The Labute approximate surface area is 260 Å². The van der Waals surface area contributed by atoms with Gasteiger partial charge in [-0.15, -0.1) is 0 Å². The third-order valence-electron chi connectivity index (χ3n) is 10.6. The van der Waals surface area contributed by atoms with E-state index in [1.807, 2.05) is 31.9 Å². The standard InChI is InChI=1S/C38H42N4O2/c1-38(2,3)44-37(43)42-18-6-9-34(42)33-21-27-19-25(13-17-32(27)41-33)29-15-11-23(35-30-16-12-26(30)20-31(29)35)10-14-28-22-39-36(40-28)24-7-4-5-8-24/h11,13,15,17,19,22,24,26,30,34H,4-9,12,16,18,20-21H2,1-3H3,(H,39,40)/t26?,30?,34-/m0/s1. The average Bonchev–Trinajstić information content (AvgIpc) is 3.80. The Bertz CT molecular complexity index is 1730. The molecule has 5 aliphatic rings. The van der Waals surface area contributed by atoms with Crippen molar-refractivity contribution in [1.29, 1.82) is 0 Å². The maximum Gasteiger partial charge on any atom is 0.410 e. The first kappa shape index (κ1) is 27.7. The first-order valence-electron chi connectivity index (χ1n) is 16.7. The molecule has 3 fully saturated rings. The molecule has 8 rings (SSSR count). The summed E-state index contributed by atoms with van der Waals surface area (Å²) in [5.41, 5.74) is 10.6. The lowest BCUT2D eigenvalue weighted by molar-refractivity contribution is 0.0265. The van der Waals surface area contributed by atoms with Gasteiger partial charge in [0.05, 0.1) is 17.9 Å². The van der Waals surface area contributed by atoms with Crippen LogP contribution in [0.25, 0.3) is 11.1 Å². The first-order valence-corrected chi connectivity index (χ1v) is 16.7. The highest BCUT2D eigenvalue weighted by atomic mass is 16.6. The van der Waals surface area contributed by atoms with E-state index in [1.54, 1.807) is 0 Å². The number of rotatable bonds is 3. The van der Waals surface area contributed by atoms with Gasteiger partial charge in [-0.25, -0.2) is 9.78 Å². The number of ether oxygens (including phenoxy) is 1. The molecule has 1 amide bonds. The molecule has 0 spiro atoms. The number of amides is 1. The normalized spacial score (nSPS) is 23.8. The molecule has 2 saturated carbocycles. The van der Waals surface area contributed by atoms with E-state index in [0.29, 0.717) is 11.8 Å². The minimum Gasteiger partial charge on any atom is -0.444 e. The number of carbonyl (C=O) groups is 1. The number of hydrogen-bond acceptors (Lipinski definition) is 4. The summed E-state index contributed by atoms with van der Waals surface area (Å²) in [6.45, 7) is 6.50. The summed E-state index contributed by atoms with van der Waals surface area (Å²) >= 11 is 0. The van der Waals surface area contributed by atoms with E-state index in [9.17, 15) is 4.79 Å². The highest BCUT2D eigenvalue weighted by molar-refractivity contribution is 6.00. The van der Waals surface area contributed by atoms with Gasteiger partial charge in [0.25, 0.3) is 0 Å². The van der Waals surface area contributed by atoms with Crippen LogP contribution in [0.5, 0.6) is 0 Å². The van der Waals surface area contributed by atoms with Crippen LogP contribution in [-0.4, -0.2) is 44.9 Å². The van der Waals surface area contributed by atoms with E-state index >= 15 is 0 Å². The lowest BCUT2D eigenvalue weighted by Crippen LogP contribution is -2.43. The number of aromatic nitrogens is 2. The Morgan fingerprint density at radius 3 is 2.68 bits per heavy atom. The molecule has 3 atom stereocenters. The molecule has 6 heteroatoms. The van der Waals surface area contributed by atoms with Crippen LogP contribution in [0.3, 0.4) is 0 Å². The van der Waals surface area contributed by atoms with E-state index in [-0.39, 0.29) is 12.1 Å². The number of aromatic amines is 1. The molecule has 6 nitrogen and oxygen atoms in total. The fraction of sp³-hybridized carbons (Fsp3) is 0.500. The average molecular weight is 587 g/mol. The number of imidazole rings is 1. The van der Waals surface area contributed by atoms with Crippen molar-refractivity contribution in [1.82, 2.24) is 14.9 Å². The van der Waals surface area contributed by atoms with Crippen molar-refractivity contribution in [2.45, 2.75) is 108 Å². The second kappa shape index (κ2) is 10.6. The molecule has 226 valence electrons. The summed E-state index contributed by atoms with van der Waals surface area (Å²) < 4.78 is 5.72. The predicted octanol–water partition coefficient (Wildman–Crippen LogP) is 8.21. The zero-order valence-corrected chi connectivity index (χ0v) is 26.2. The third kappa shape index (κ3) is 4.95. The number of aliphatic imine (C=N–C) groups is 1. The number of hydrogen-bond donors (Lipinski definition) is 1. The van der Waals surface area contributed by atoms with Crippen molar-refractivity contribution in [3.8, 4) is 23.0 Å². The first-order chi connectivity index (χ1) is 21.3. The van der Waals surface area contributed by atoms with Crippen LogP contribution in [0.1, 0.15) is 118 Å². The van der Waals surface area contributed by atoms with Gasteiger partial charge < -0.3 is 9.72 Å². The van der Waals surface area contributed by atoms with E-state index in [2.05, 4.69) is 52.1 Å². The Hall–Kier alpha value is -3.85. The quantitative estimate of drug-likeness (QED) is 0.315. The lowest BCUT2D eigenvalue weighted by Gasteiger charge is -2.31. The minimum atomic E-state index is -0.502. The Balaban J connectivity index is 1.05. The molecule has 2 aromatic carbocycles. The molecule has 1 saturated heterocycles. The van der Waals surface area contributed by atoms with Crippen molar-refractivity contribution in [3.05, 3.63) is 70.3 Å². The van der Waals surface area contributed by atoms with E-state index in [0.717, 1.165) is 61.1 Å². The van der Waals surface area contributed by atoms with Gasteiger partial charge in [-0.05, 0) is 129 Å². The Morgan fingerprint density at radius 1 is 1.02 bits per heavy atom. The molecular weight excluding hydrogens is 544 g/mol. The van der Waals surface area contributed by atoms with E-state index in [4.69, 9.17) is 9.73 Å². The third-order valence-corrected chi connectivity index (χ3v) is 10.6. The zero-order chi connectivity index (χ0) is 30.0. The summed E-state index contributed by atoms with van der Waals surface area (Å²) in [4.78, 5) is 28.1. The molecule has 0 bridgehead atoms. The lowest BCUT2D eigenvalue weighted by atomic mass is 9.73. The van der Waals surface area contributed by atoms with Crippen molar-refractivity contribution >= 4 is 17.5 Å². The topological polar surface area (TPSA) is 70.6 Å². The molecule has 2 unspecified atom stereocenters. The summed E-state index contributed by atoms with van der Waals surface area (Å²) in [5.74, 6) is 10.0.